The van der Waals surface area contributed by atoms with Crippen LogP contribution in [0.5, 0.6) is 0 Å². The zero-order valence-corrected chi connectivity index (χ0v) is 15.0. The van der Waals surface area contributed by atoms with Gasteiger partial charge in [-0.25, -0.2) is 9.59 Å². The number of hydrogen-bond donors (Lipinski definition) is 0. The summed E-state index contributed by atoms with van der Waals surface area (Å²) in [5.41, 5.74) is 9.22. The van der Waals surface area contributed by atoms with E-state index in [2.05, 4.69) is 9.53 Å². The summed E-state index contributed by atoms with van der Waals surface area (Å²) in [6, 6.07) is 0. The molecule has 22 heavy (non-hydrogen) atoms. The first-order valence-electron chi connectivity index (χ1n) is 6.97. The summed E-state index contributed by atoms with van der Waals surface area (Å²) in [5.74, 6) is -1.19. The molecule has 0 amide bonds. The summed E-state index contributed by atoms with van der Waals surface area (Å²) in [4.78, 5) is 26.2. The molecule has 0 fully saturated rings. The third-order valence-electron chi connectivity index (χ3n) is 3.44. The van der Waals surface area contributed by atoms with Crippen LogP contribution in [-0.2, 0) is 23.5 Å². The standard InChI is InChI=1S/C14H24N2O5Si/c1-10(2)22(11(3)4,13(16-15)14(18)20-6)21-9-7-8-12(17)19-5/h7-8,10-11H,9H2,1-6H3/b8-7+. The number of esters is 2. The Morgan fingerprint density at radius 1 is 1.14 bits per heavy atom. The van der Waals surface area contributed by atoms with E-state index in [-0.39, 0.29) is 23.0 Å². The first kappa shape index (κ1) is 20.2. The topological polar surface area (TPSA) is 98.2 Å². The van der Waals surface area contributed by atoms with Crippen LogP contribution in [-0.4, -0.2) is 51.2 Å². The molecule has 0 bridgehead atoms. The van der Waals surface area contributed by atoms with Crippen LogP contribution in [0.15, 0.2) is 12.2 Å². The molecule has 0 rings (SSSR count). The Morgan fingerprint density at radius 2 is 1.68 bits per heavy atom. The first-order valence-corrected chi connectivity index (χ1v) is 9.03. The van der Waals surface area contributed by atoms with Gasteiger partial charge in [0.15, 0.2) is 0 Å². The van der Waals surface area contributed by atoms with Crippen molar-refractivity contribution >= 4 is 25.6 Å². The molecule has 0 atom stereocenters. The molecule has 0 heterocycles. The molecule has 0 radical (unpaired) electrons. The number of carbonyl (C=O) groups excluding carboxylic acids is 2. The minimum Gasteiger partial charge on any atom is -0.466 e. The van der Waals surface area contributed by atoms with E-state index >= 15 is 0 Å². The zero-order chi connectivity index (χ0) is 17.3. The minimum absolute atomic E-state index is 0.0379. The predicted octanol–water partition coefficient (Wildman–Crippen LogP) is 1.88. The van der Waals surface area contributed by atoms with E-state index in [0.717, 1.165) is 0 Å². The van der Waals surface area contributed by atoms with Gasteiger partial charge < -0.3 is 19.4 Å². The fourth-order valence-electron chi connectivity index (χ4n) is 2.39. The Kier molecular flexibility index (Phi) is 8.55. The third-order valence-corrected chi connectivity index (χ3v) is 8.56. The van der Waals surface area contributed by atoms with Gasteiger partial charge in [-0.1, -0.05) is 33.8 Å². The van der Waals surface area contributed by atoms with Crippen molar-refractivity contribution in [3.05, 3.63) is 17.7 Å². The normalized spacial score (nSPS) is 11.6. The van der Waals surface area contributed by atoms with E-state index in [1.165, 1.54) is 26.4 Å². The fraction of sp³-hybridized carbons (Fsp3) is 0.643. The Bertz CT molecular complexity index is 474. The molecule has 0 aliphatic heterocycles. The van der Waals surface area contributed by atoms with Crippen LogP contribution in [0.1, 0.15) is 27.7 Å². The average molecular weight is 328 g/mol. The van der Waals surface area contributed by atoms with Gasteiger partial charge in [0.25, 0.3) is 0 Å². The van der Waals surface area contributed by atoms with Crippen molar-refractivity contribution in [3.63, 3.8) is 0 Å². The van der Waals surface area contributed by atoms with Gasteiger partial charge in [-0.3, -0.25) is 0 Å². The Labute approximate surface area is 132 Å². The molecule has 0 saturated heterocycles. The van der Waals surface area contributed by atoms with Gasteiger partial charge >= 0.3 is 25.6 Å². The SMILES string of the molecule is COC(=O)/C=C/CO[Si](C(=[N+]=[N-])C(=O)OC)(C(C)C)C(C)C. The lowest BCUT2D eigenvalue weighted by atomic mass is 10.5. The van der Waals surface area contributed by atoms with Crippen LogP contribution < -0.4 is 0 Å². The van der Waals surface area contributed by atoms with Crippen molar-refractivity contribution in [1.29, 1.82) is 0 Å². The van der Waals surface area contributed by atoms with Crippen LogP contribution in [0.3, 0.4) is 0 Å². The second-order valence-corrected chi connectivity index (χ2v) is 9.94. The van der Waals surface area contributed by atoms with Gasteiger partial charge in [0.05, 0.1) is 20.8 Å². The number of methoxy groups -OCH3 is 2. The molecule has 0 aromatic rings. The molecule has 7 nitrogen and oxygen atoms in total. The molecule has 124 valence electrons. The van der Waals surface area contributed by atoms with Crippen molar-refractivity contribution in [2.45, 2.75) is 38.8 Å². The van der Waals surface area contributed by atoms with Gasteiger partial charge in [0.1, 0.15) is 0 Å². The fourth-order valence-corrected chi connectivity index (χ4v) is 6.57. The van der Waals surface area contributed by atoms with Crippen LogP contribution >= 0.6 is 0 Å². The van der Waals surface area contributed by atoms with Crippen LogP contribution in [0.2, 0.25) is 11.1 Å². The summed E-state index contributed by atoms with van der Waals surface area (Å²) in [6.07, 6.45) is 2.75. The minimum atomic E-state index is -2.92. The van der Waals surface area contributed by atoms with Crippen molar-refractivity contribution < 1.29 is 28.3 Å². The molecule has 0 saturated carbocycles. The largest absolute Gasteiger partial charge is 0.466 e. The molecule has 0 aliphatic rings. The summed E-state index contributed by atoms with van der Waals surface area (Å²) in [6.45, 7) is 7.73. The Morgan fingerprint density at radius 3 is 2.05 bits per heavy atom. The molecular formula is C14H24N2O5Si. The molecule has 0 aromatic heterocycles. The number of rotatable bonds is 8. The maximum atomic E-state index is 11.9. The summed E-state index contributed by atoms with van der Waals surface area (Å²) in [5, 5.41) is -0.0635. The highest BCUT2D eigenvalue weighted by molar-refractivity contribution is 7.11. The van der Waals surface area contributed by atoms with Crippen LogP contribution in [0.4, 0.5) is 0 Å². The summed E-state index contributed by atoms with van der Waals surface area (Å²) >= 11 is 0. The van der Waals surface area contributed by atoms with E-state index in [1.807, 2.05) is 27.7 Å². The van der Waals surface area contributed by atoms with Gasteiger partial charge in [-0.2, -0.15) is 4.79 Å². The van der Waals surface area contributed by atoms with Crippen molar-refractivity contribution in [2.75, 3.05) is 20.8 Å². The average Bonchev–Trinajstić information content (AvgIpc) is 2.48. The first-order chi connectivity index (χ1) is 10.3. The molecule has 0 unspecified atom stereocenters. The predicted molar refractivity (Wildman–Crippen MR) is 83.7 cm³/mol. The summed E-state index contributed by atoms with van der Waals surface area (Å²) < 4.78 is 15.2. The van der Waals surface area contributed by atoms with E-state index in [4.69, 9.17) is 9.16 Å². The van der Waals surface area contributed by atoms with Gasteiger partial charge in [0, 0.05) is 6.08 Å². The maximum Gasteiger partial charge on any atom is 0.413 e. The highest BCUT2D eigenvalue weighted by atomic mass is 28.4. The third kappa shape index (κ3) is 4.62. The van der Waals surface area contributed by atoms with E-state index in [0.29, 0.717) is 0 Å². The van der Waals surface area contributed by atoms with Gasteiger partial charge in [-0.15, -0.1) is 0 Å². The molecule has 0 aromatic carbocycles. The highest BCUT2D eigenvalue weighted by Crippen LogP contribution is 2.34. The van der Waals surface area contributed by atoms with Gasteiger partial charge in [-0.05, 0) is 11.1 Å². The van der Waals surface area contributed by atoms with E-state index in [1.54, 1.807) is 0 Å². The maximum absolute atomic E-state index is 11.9. The molecule has 0 aliphatic carbocycles. The van der Waals surface area contributed by atoms with Crippen LogP contribution in [0.25, 0.3) is 5.53 Å². The lowest BCUT2D eigenvalue weighted by molar-refractivity contribution is -0.137. The molecule has 8 heteroatoms. The smallest absolute Gasteiger partial charge is 0.413 e. The summed E-state index contributed by atoms with van der Waals surface area (Å²) in [7, 11) is -0.417. The lowest BCUT2D eigenvalue weighted by Gasteiger charge is -2.32. The van der Waals surface area contributed by atoms with Crippen molar-refractivity contribution in [1.82, 2.24) is 0 Å². The number of carbonyl (C=O) groups is 2. The second kappa shape index (κ2) is 9.29. The monoisotopic (exact) mass is 328 g/mol. The molecular weight excluding hydrogens is 304 g/mol. The molecule has 0 N–H and O–H groups in total. The number of hydrogen-bond acceptors (Lipinski definition) is 5. The second-order valence-electron chi connectivity index (χ2n) is 5.28. The van der Waals surface area contributed by atoms with Gasteiger partial charge in [0.2, 0.25) is 0 Å². The Balaban J connectivity index is 5.53. The number of nitrogens with zero attached hydrogens (tertiary/aromatic N) is 2. The van der Waals surface area contributed by atoms with Crippen LogP contribution in [0, 0.1) is 0 Å². The Hall–Kier alpha value is -1.76. The highest BCUT2D eigenvalue weighted by Gasteiger charge is 2.57. The molecule has 0 spiro atoms. The van der Waals surface area contributed by atoms with E-state index < -0.39 is 20.3 Å². The zero-order valence-electron chi connectivity index (χ0n) is 14.0. The number of ether oxygens (including phenoxy) is 2. The quantitative estimate of drug-likeness (QED) is 0.169. The lowest BCUT2D eigenvalue weighted by Crippen LogP contribution is -2.57. The van der Waals surface area contributed by atoms with Crippen molar-refractivity contribution in [2.24, 2.45) is 0 Å². The van der Waals surface area contributed by atoms with Crippen molar-refractivity contribution in [3.8, 4) is 0 Å². The van der Waals surface area contributed by atoms with E-state index in [9.17, 15) is 15.1 Å².